The number of allylic oxidation sites excluding steroid dienone is 2. The Bertz CT molecular complexity index is 902. The van der Waals surface area contributed by atoms with Gasteiger partial charge in [-0.05, 0) is 80.3 Å². The van der Waals surface area contributed by atoms with Crippen LogP contribution in [-0.2, 0) is 9.53 Å². The third-order valence-corrected chi connectivity index (χ3v) is 5.67. The number of aryl methyl sites for hydroxylation is 1. The van der Waals surface area contributed by atoms with E-state index in [4.69, 9.17) is 4.74 Å². The highest BCUT2D eigenvalue weighted by Crippen LogP contribution is 2.42. The van der Waals surface area contributed by atoms with Gasteiger partial charge in [0, 0.05) is 5.56 Å². The van der Waals surface area contributed by atoms with Gasteiger partial charge in [-0.15, -0.1) is 0 Å². The van der Waals surface area contributed by atoms with E-state index >= 15 is 0 Å². The molecular formula is C25H32O3. The number of rotatable bonds is 5. The summed E-state index contributed by atoms with van der Waals surface area (Å²) in [4.78, 5) is 12.3. The van der Waals surface area contributed by atoms with Gasteiger partial charge in [0.1, 0.15) is 0 Å². The number of carboxylic acids is 1. The molecule has 3 heteroatoms. The molecule has 0 bridgehead atoms. The molecule has 1 unspecified atom stereocenters. The van der Waals surface area contributed by atoms with Gasteiger partial charge < -0.3 is 9.84 Å². The molecule has 0 spiro atoms. The van der Waals surface area contributed by atoms with Gasteiger partial charge in [0.15, 0.2) is 6.10 Å². The fraction of sp³-hybridized carbons (Fsp3) is 0.480. The van der Waals surface area contributed by atoms with Gasteiger partial charge in [-0.2, -0.15) is 0 Å². The molecule has 3 rings (SSSR count). The molecule has 3 nitrogen and oxygen atoms in total. The highest BCUT2D eigenvalue weighted by Gasteiger charge is 2.32. The lowest BCUT2D eigenvalue weighted by Gasteiger charge is -2.30. The Hall–Kier alpha value is -2.13. The van der Waals surface area contributed by atoms with Crippen LogP contribution in [0.5, 0.6) is 0 Å². The minimum Gasteiger partial charge on any atom is -0.479 e. The number of fused-ring (bicyclic) bond motifs is 1. The van der Waals surface area contributed by atoms with Gasteiger partial charge >= 0.3 is 5.97 Å². The highest BCUT2D eigenvalue weighted by atomic mass is 16.5. The van der Waals surface area contributed by atoms with E-state index in [1.165, 1.54) is 12.0 Å². The minimum absolute atomic E-state index is 0.549. The zero-order valence-corrected chi connectivity index (χ0v) is 17.7. The van der Waals surface area contributed by atoms with Crippen molar-refractivity contribution >= 4 is 22.3 Å². The standard InChI is InChI=1S/C25H32O3/c1-6-17-11-13-18(14-12-17)22-20-10-8-7-9-19(20)15-16(2)21(22)23(24(26)27)28-25(3,4)5/h7-10,13,15,17,23H,6,11-12,14H2,1-5H3,(H,26,27)/t17?,23-/m0/s1. The van der Waals surface area contributed by atoms with E-state index in [-0.39, 0.29) is 0 Å². The van der Waals surface area contributed by atoms with Gasteiger partial charge in [-0.1, -0.05) is 49.8 Å². The van der Waals surface area contributed by atoms with E-state index in [0.29, 0.717) is 0 Å². The van der Waals surface area contributed by atoms with Crippen LogP contribution in [0.15, 0.2) is 36.4 Å². The minimum atomic E-state index is -0.982. The fourth-order valence-corrected chi connectivity index (χ4v) is 4.26. The normalized spacial score (nSPS) is 18.8. The Kier molecular flexibility index (Phi) is 5.95. The van der Waals surface area contributed by atoms with Gasteiger partial charge in [0.05, 0.1) is 5.60 Å². The monoisotopic (exact) mass is 380 g/mol. The predicted octanol–water partition coefficient (Wildman–Crippen LogP) is 6.68. The topological polar surface area (TPSA) is 46.5 Å². The molecule has 1 N–H and O–H groups in total. The first-order valence-electron chi connectivity index (χ1n) is 10.3. The maximum atomic E-state index is 12.3. The summed E-state index contributed by atoms with van der Waals surface area (Å²) in [5.41, 5.74) is 3.57. The summed E-state index contributed by atoms with van der Waals surface area (Å²) in [6.45, 7) is 9.97. The van der Waals surface area contributed by atoms with Crippen molar-refractivity contribution in [3.63, 3.8) is 0 Å². The first kappa shape index (κ1) is 20.6. The van der Waals surface area contributed by atoms with Crippen molar-refractivity contribution in [3.05, 3.63) is 53.1 Å². The van der Waals surface area contributed by atoms with Crippen molar-refractivity contribution in [1.82, 2.24) is 0 Å². The van der Waals surface area contributed by atoms with E-state index in [2.05, 4.69) is 31.2 Å². The number of ether oxygens (including phenoxy) is 1. The molecule has 0 amide bonds. The molecule has 0 aromatic heterocycles. The SMILES string of the molecule is CCC1CC=C(c2c([C@H](OC(C)(C)C)C(=O)O)c(C)cc3ccccc23)CC1. The van der Waals surface area contributed by atoms with Gasteiger partial charge in [-0.3, -0.25) is 0 Å². The molecule has 0 radical (unpaired) electrons. The van der Waals surface area contributed by atoms with Gasteiger partial charge in [0.2, 0.25) is 0 Å². The Morgan fingerprint density at radius 3 is 2.57 bits per heavy atom. The summed E-state index contributed by atoms with van der Waals surface area (Å²) in [5.74, 6) is -0.207. The maximum absolute atomic E-state index is 12.3. The quantitative estimate of drug-likeness (QED) is 0.629. The van der Waals surface area contributed by atoms with Crippen LogP contribution in [0.4, 0.5) is 0 Å². The molecule has 0 aliphatic heterocycles. The summed E-state index contributed by atoms with van der Waals surface area (Å²) >= 11 is 0. The third kappa shape index (κ3) is 4.30. The first-order chi connectivity index (χ1) is 13.2. The number of benzene rings is 2. The molecule has 2 aromatic carbocycles. The average molecular weight is 381 g/mol. The lowest BCUT2D eigenvalue weighted by Crippen LogP contribution is -2.28. The van der Waals surface area contributed by atoms with E-state index in [1.807, 2.05) is 39.8 Å². The van der Waals surface area contributed by atoms with Crippen LogP contribution < -0.4 is 0 Å². The lowest BCUT2D eigenvalue weighted by molar-refractivity contribution is -0.160. The lowest BCUT2D eigenvalue weighted by atomic mass is 9.80. The van der Waals surface area contributed by atoms with Crippen LogP contribution in [0.25, 0.3) is 16.3 Å². The Balaban J connectivity index is 2.25. The summed E-state index contributed by atoms with van der Waals surface area (Å²) in [6, 6.07) is 10.4. The summed E-state index contributed by atoms with van der Waals surface area (Å²) < 4.78 is 6.06. The van der Waals surface area contributed by atoms with Crippen LogP contribution in [0.3, 0.4) is 0 Å². The number of hydrogen-bond donors (Lipinski definition) is 1. The molecular weight excluding hydrogens is 348 g/mol. The molecule has 28 heavy (non-hydrogen) atoms. The number of hydrogen-bond acceptors (Lipinski definition) is 2. The third-order valence-electron chi connectivity index (χ3n) is 5.67. The first-order valence-corrected chi connectivity index (χ1v) is 10.3. The second-order valence-corrected chi connectivity index (χ2v) is 8.93. The van der Waals surface area contributed by atoms with Crippen molar-refractivity contribution in [2.24, 2.45) is 5.92 Å². The molecule has 0 saturated carbocycles. The second-order valence-electron chi connectivity index (χ2n) is 8.93. The molecule has 1 aliphatic carbocycles. The molecule has 150 valence electrons. The fourth-order valence-electron chi connectivity index (χ4n) is 4.26. The summed E-state index contributed by atoms with van der Waals surface area (Å²) in [5, 5.41) is 12.3. The molecule has 0 saturated heterocycles. The number of carbonyl (C=O) groups is 1. The molecule has 2 atom stereocenters. The van der Waals surface area contributed by atoms with E-state index in [0.717, 1.165) is 52.6 Å². The van der Waals surface area contributed by atoms with Crippen molar-refractivity contribution in [2.45, 2.75) is 72.0 Å². The highest BCUT2D eigenvalue weighted by molar-refractivity contribution is 5.98. The number of carboxylic acid groups (broad SMARTS) is 1. The van der Waals surface area contributed by atoms with Crippen LogP contribution in [0.2, 0.25) is 0 Å². The van der Waals surface area contributed by atoms with Crippen molar-refractivity contribution in [2.75, 3.05) is 0 Å². The molecule has 0 fully saturated rings. The zero-order valence-electron chi connectivity index (χ0n) is 17.7. The van der Waals surface area contributed by atoms with Crippen molar-refractivity contribution < 1.29 is 14.6 Å². The zero-order chi connectivity index (χ0) is 20.5. The van der Waals surface area contributed by atoms with Crippen LogP contribution in [0.1, 0.15) is 76.2 Å². The summed E-state index contributed by atoms with van der Waals surface area (Å²) in [6.07, 6.45) is 5.74. The second kappa shape index (κ2) is 8.08. The molecule has 0 heterocycles. The van der Waals surface area contributed by atoms with Crippen LogP contribution in [-0.4, -0.2) is 16.7 Å². The largest absolute Gasteiger partial charge is 0.479 e. The average Bonchev–Trinajstić information content (AvgIpc) is 2.64. The molecule has 2 aromatic rings. The Morgan fingerprint density at radius 2 is 2.00 bits per heavy atom. The maximum Gasteiger partial charge on any atom is 0.337 e. The van der Waals surface area contributed by atoms with Crippen LogP contribution in [0, 0.1) is 12.8 Å². The van der Waals surface area contributed by atoms with E-state index in [1.54, 1.807) is 0 Å². The van der Waals surface area contributed by atoms with E-state index in [9.17, 15) is 9.90 Å². The molecule has 1 aliphatic rings. The van der Waals surface area contributed by atoms with Crippen molar-refractivity contribution in [3.8, 4) is 0 Å². The predicted molar refractivity (Wildman–Crippen MR) is 116 cm³/mol. The van der Waals surface area contributed by atoms with Crippen molar-refractivity contribution in [1.29, 1.82) is 0 Å². The number of aliphatic carboxylic acids is 1. The summed E-state index contributed by atoms with van der Waals surface area (Å²) in [7, 11) is 0. The van der Waals surface area contributed by atoms with E-state index < -0.39 is 17.7 Å². The Morgan fingerprint density at radius 1 is 1.29 bits per heavy atom. The Labute approximate surface area is 168 Å². The smallest absolute Gasteiger partial charge is 0.337 e. The van der Waals surface area contributed by atoms with Crippen LogP contribution >= 0.6 is 0 Å². The van der Waals surface area contributed by atoms with Gasteiger partial charge in [-0.25, -0.2) is 4.79 Å². The van der Waals surface area contributed by atoms with Gasteiger partial charge in [0.25, 0.3) is 0 Å².